The van der Waals surface area contributed by atoms with E-state index >= 15 is 0 Å². The molecule has 5 nitrogen and oxygen atoms in total. The van der Waals surface area contributed by atoms with Crippen LogP contribution >= 0.6 is 0 Å². The number of carboxylic acids is 1. The Balaban J connectivity index is 1.84. The Morgan fingerprint density at radius 1 is 1.07 bits per heavy atom. The molecule has 5 heteroatoms. The number of nitrogens with zero attached hydrogens (tertiary/aromatic N) is 1. The maximum absolute atomic E-state index is 12.4. The minimum Gasteiger partial charge on any atom is -0.477 e. The zero-order valence-electron chi connectivity index (χ0n) is 14.3. The lowest BCUT2D eigenvalue weighted by Crippen LogP contribution is -2.25. The first kappa shape index (κ1) is 15.6. The van der Waals surface area contributed by atoms with Crippen molar-refractivity contribution in [1.29, 1.82) is 0 Å². The maximum atomic E-state index is 12.4. The van der Waals surface area contributed by atoms with E-state index in [4.69, 9.17) is 4.42 Å². The highest BCUT2D eigenvalue weighted by Gasteiger charge is 2.31. The van der Waals surface area contributed by atoms with Gasteiger partial charge in [-0.2, -0.15) is 0 Å². The second-order valence-corrected chi connectivity index (χ2v) is 6.69. The van der Waals surface area contributed by atoms with Gasteiger partial charge in [0.25, 0.3) is 0 Å². The number of hydrogen-bond acceptors (Lipinski definition) is 3. The van der Waals surface area contributed by atoms with Crippen LogP contribution in [0, 0.1) is 0 Å². The van der Waals surface area contributed by atoms with Gasteiger partial charge in [-0.05, 0) is 11.6 Å². The average Bonchev–Trinajstić information content (AvgIpc) is 3.06. The first-order chi connectivity index (χ1) is 13.1. The molecule has 132 valence electrons. The van der Waals surface area contributed by atoms with Crippen LogP contribution in [0.15, 0.2) is 76.1 Å². The predicted molar refractivity (Wildman–Crippen MR) is 101 cm³/mol. The fourth-order valence-electron chi connectivity index (χ4n) is 3.90. The molecular formula is C22H15NO4. The van der Waals surface area contributed by atoms with Crippen molar-refractivity contribution in [2.24, 2.45) is 0 Å². The van der Waals surface area contributed by atoms with Gasteiger partial charge >= 0.3 is 5.97 Å². The van der Waals surface area contributed by atoms with Crippen LogP contribution in [-0.2, 0) is 6.42 Å². The van der Waals surface area contributed by atoms with Gasteiger partial charge in [-0.15, -0.1) is 0 Å². The van der Waals surface area contributed by atoms with Gasteiger partial charge in [0, 0.05) is 29.6 Å². The predicted octanol–water partition coefficient (Wildman–Crippen LogP) is 4.11. The molecule has 3 heterocycles. The number of pyridine rings is 1. The Bertz CT molecular complexity index is 1250. The van der Waals surface area contributed by atoms with Crippen LogP contribution in [0.1, 0.15) is 27.5 Å². The van der Waals surface area contributed by atoms with Crippen molar-refractivity contribution >= 4 is 16.9 Å². The summed E-state index contributed by atoms with van der Waals surface area (Å²) in [5, 5.41) is 10.4. The molecule has 1 unspecified atom stereocenters. The van der Waals surface area contributed by atoms with Crippen LogP contribution in [0.5, 0.6) is 0 Å². The smallest absolute Gasteiger partial charge is 0.341 e. The van der Waals surface area contributed by atoms with Crippen LogP contribution in [0.25, 0.3) is 22.4 Å². The van der Waals surface area contributed by atoms with Gasteiger partial charge in [-0.1, -0.05) is 48.5 Å². The average molecular weight is 357 g/mol. The molecule has 0 spiro atoms. The Hall–Kier alpha value is -3.60. The van der Waals surface area contributed by atoms with Crippen LogP contribution in [0.3, 0.4) is 0 Å². The monoisotopic (exact) mass is 357 g/mol. The summed E-state index contributed by atoms with van der Waals surface area (Å²) in [4.78, 5) is 23.9. The lowest BCUT2D eigenvalue weighted by Gasteiger charge is -2.28. The molecule has 0 radical (unpaired) electrons. The molecule has 0 amide bonds. The van der Waals surface area contributed by atoms with Gasteiger partial charge < -0.3 is 14.1 Å². The highest BCUT2D eigenvalue weighted by atomic mass is 16.4. The summed E-state index contributed by atoms with van der Waals surface area (Å²) >= 11 is 0. The minimum absolute atomic E-state index is 0.117. The molecule has 2 aromatic carbocycles. The van der Waals surface area contributed by atoms with Crippen molar-refractivity contribution in [3.8, 4) is 11.5 Å². The van der Waals surface area contributed by atoms with Crippen LogP contribution < -0.4 is 5.43 Å². The molecular weight excluding hydrogens is 342 g/mol. The standard InChI is InChI=1S/C22H15NO4/c24-19-11-18-21-15(14-8-4-5-9-20(14)27-21)10-17(13-6-2-1-3-7-13)23(18)12-16(19)22(25)26/h1-9,11-12,17H,10H2,(H,25,26). The largest absolute Gasteiger partial charge is 0.477 e. The van der Waals surface area contributed by atoms with Crippen LogP contribution in [-0.4, -0.2) is 15.6 Å². The van der Waals surface area contributed by atoms with Crippen molar-refractivity contribution in [3.05, 3.63) is 93.8 Å². The molecule has 5 rings (SSSR count). The number of hydrogen-bond donors (Lipinski definition) is 1. The van der Waals surface area contributed by atoms with Crippen molar-refractivity contribution in [1.82, 2.24) is 4.57 Å². The van der Waals surface area contributed by atoms with Crippen LogP contribution in [0.2, 0.25) is 0 Å². The van der Waals surface area contributed by atoms with E-state index in [2.05, 4.69) is 0 Å². The van der Waals surface area contributed by atoms with Crippen molar-refractivity contribution in [3.63, 3.8) is 0 Å². The van der Waals surface area contributed by atoms with Crippen molar-refractivity contribution in [2.45, 2.75) is 12.5 Å². The zero-order chi connectivity index (χ0) is 18.5. The van der Waals surface area contributed by atoms with Gasteiger partial charge in [0.1, 0.15) is 11.1 Å². The van der Waals surface area contributed by atoms with E-state index < -0.39 is 11.4 Å². The Morgan fingerprint density at radius 3 is 2.59 bits per heavy atom. The number of aromatic nitrogens is 1. The lowest BCUT2D eigenvalue weighted by molar-refractivity contribution is 0.0694. The normalized spacial score (nSPS) is 15.3. The van der Waals surface area contributed by atoms with E-state index in [0.29, 0.717) is 17.9 Å². The third kappa shape index (κ3) is 2.32. The molecule has 0 saturated heterocycles. The van der Waals surface area contributed by atoms with E-state index in [9.17, 15) is 14.7 Å². The number of carbonyl (C=O) groups is 1. The number of carboxylic acid groups (broad SMARTS) is 1. The molecule has 1 aliphatic heterocycles. The van der Waals surface area contributed by atoms with E-state index in [1.54, 1.807) is 0 Å². The van der Waals surface area contributed by atoms with E-state index in [-0.39, 0.29) is 11.6 Å². The SMILES string of the molecule is O=C(O)c1cn2c(cc1=O)-c1oc3ccccc3c1CC2c1ccccc1. The van der Waals surface area contributed by atoms with Crippen molar-refractivity contribution in [2.75, 3.05) is 0 Å². The third-order valence-corrected chi connectivity index (χ3v) is 5.16. The molecule has 4 aromatic rings. The Labute approximate surface area is 154 Å². The molecule has 0 bridgehead atoms. The molecule has 1 aliphatic rings. The quantitative estimate of drug-likeness (QED) is 0.586. The summed E-state index contributed by atoms with van der Waals surface area (Å²) in [5.41, 5.74) is 2.71. The number of aromatic carboxylic acids is 1. The minimum atomic E-state index is -1.22. The number of fused-ring (bicyclic) bond motifs is 5. The van der Waals surface area contributed by atoms with Crippen LogP contribution in [0.4, 0.5) is 0 Å². The second kappa shape index (κ2) is 5.71. The van der Waals surface area contributed by atoms with Gasteiger partial charge in [0.15, 0.2) is 11.2 Å². The Morgan fingerprint density at radius 2 is 1.81 bits per heavy atom. The van der Waals surface area contributed by atoms with Gasteiger partial charge in [0.2, 0.25) is 0 Å². The number of furan rings is 1. The van der Waals surface area contributed by atoms with Gasteiger partial charge in [-0.3, -0.25) is 4.79 Å². The van der Waals surface area contributed by atoms with Crippen molar-refractivity contribution < 1.29 is 14.3 Å². The molecule has 0 fully saturated rings. The third-order valence-electron chi connectivity index (χ3n) is 5.16. The molecule has 2 aromatic heterocycles. The topological polar surface area (TPSA) is 72.4 Å². The fourth-order valence-corrected chi connectivity index (χ4v) is 3.90. The molecule has 1 N–H and O–H groups in total. The summed E-state index contributed by atoms with van der Waals surface area (Å²) in [7, 11) is 0. The lowest BCUT2D eigenvalue weighted by atomic mass is 9.91. The Kier molecular flexibility index (Phi) is 3.31. The number of rotatable bonds is 2. The number of benzene rings is 2. The van der Waals surface area contributed by atoms with E-state index in [1.165, 1.54) is 12.3 Å². The summed E-state index contributed by atoms with van der Waals surface area (Å²) in [6, 6.07) is 18.9. The number of para-hydroxylation sites is 1. The first-order valence-corrected chi connectivity index (χ1v) is 8.68. The van der Waals surface area contributed by atoms with E-state index in [0.717, 1.165) is 22.1 Å². The second-order valence-electron chi connectivity index (χ2n) is 6.69. The molecule has 0 saturated carbocycles. The van der Waals surface area contributed by atoms with E-state index in [1.807, 2.05) is 59.2 Å². The van der Waals surface area contributed by atoms with Gasteiger partial charge in [-0.25, -0.2) is 4.79 Å². The first-order valence-electron chi connectivity index (χ1n) is 8.68. The highest BCUT2D eigenvalue weighted by Crippen LogP contribution is 2.42. The van der Waals surface area contributed by atoms with Gasteiger partial charge in [0.05, 0.1) is 11.7 Å². The summed E-state index contributed by atoms with van der Waals surface area (Å²) in [6.07, 6.45) is 2.10. The fraction of sp³-hybridized carbons (Fsp3) is 0.0909. The highest BCUT2D eigenvalue weighted by molar-refractivity contribution is 5.90. The molecule has 0 aliphatic carbocycles. The summed E-state index contributed by atoms with van der Waals surface area (Å²) in [6.45, 7) is 0. The summed E-state index contributed by atoms with van der Waals surface area (Å²) < 4.78 is 7.90. The summed E-state index contributed by atoms with van der Waals surface area (Å²) in [5.74, 6) is -0.588. The maximum Gasteiger partial charge on any atom is 0.341 e. The molecule has 27 heavy (non-hydrogen) atoms. The zero-order valence-corrected chi connectivity index (χ0v) is 14.3. The molecule has 1 atom stereocenters.